The van der Waals surface area contributed by atoms with Crippen LogP contribution in [-0.2, 0) is 0 Å². The molecule has 0 amide bonds. The molecule has 1 atom stereocenters. The Morgan fingerprint density at radius 3 is 2.65 bits per heavy atom. The summed E-state index contributed by atoms with van der Waals surface area (Å²) < 4.78 is 5.67. The van der Waals surface area contributed by atoms with Crippen LogP contribution in [0.4, 0.5) is 5.82 Å². The molecule has 112 valence electrons. The van der Waals surface area contributed by atoms with Crippen LogP contribution in [-0.4, -0.2) is 55.3 Å². The average molecular weight is 278 g/mol. The van der Waals surface area contributed by atoms with Crippen molar-refractivity contribution in [2.75, 3.05) is 44.2 Å². The maximum atomic E-state index is 5.84. The van der Waals surface area contributed by atoms with Gasteiger partial charge in [0.1, 0.15) is 0 Å². The molecular weight excluding hydrogens is 252 g/mol. The van der Waals surface area contributed by atoms with E-state index in [-0.39, 0.29) is 0 Å². The quantitative estimate of drug-likeness (QED) is 0.851. The van der Waals surface area contributed by atoms with Crippen molar-refractivity contribution in [3.8, 4) is 5.75 Å². The highest BCUT2D eigenvalue weighted by Crippen LogP contribution is 2.26. The van der Waals surface area contributed by atoms with Gasteiger partial charge < -0.3 is 15.4 Å². The summed E-state index contributed by atoms with van der Waals surface area (Å²) in [6, 6.07) is 4.42. The summed E-state index contributed by atoms with van der Waals surface area (Å²) in [6.07, 6.45) is 2.95. The lowest BCUT2D eigenvalue weighted by Gasteiger charge is -2.39. The normalized spacial score (nSPS) is 18.1. The lowest BCUT2D eigenvalue weighted by Crippen LogP contribution is -2.52. The molecule has 0 saturated carbocycles. The van der Waals surface area contributed by atoms with Crippen LogP contribution in [0.5, 0.6) is 5.75 Å². The van der Waals surface area contributed by atoms with E-state index in [1.54, 1.807) is 0 Å². The van der Waals surface area contributed by atoms with Crippen molar-refractivity contribution in [3.63, 3.8) is 0 Å². The lowest BCUT2D eigenvalue weighted by molar-refractivity contribution is 0.183. The zero-order valence-corrected chi connectivity index (χ0v) is 12.6. The molecule has 2 N–H and O–H groups in total. The molecule has 1 aliphatic heterocycles. The first-order valence-electron chi connectivity index (χ1n) is 7.57. The van der Waals surface area contributed by atoms with Gasteiger partial charge in [-0.2, -0.15) is 0 Å². The van der Waals surface area contributed by atoms with Crippen molar-refractivity contribution < 1.29 is 4.74 Å². The van der Waals surface area contributed by atoms with Gasteiger partial charge in [-0.1, -0.05) is 6.92 Å². The van der Waals surface area contributed by atoms with E-state index < -0.39 is 0 Å². The Hall–Kier alpha value is -1.33. The van der Waals surface area contributed by atoms with Gasteiger partial charge in [-0.15, -0.1) is 0 Å². The number of anilines is 1. The third-order valence-corrected chi connectivity index (χ3v) is 3.92. The summed E-state index contributed by atoms with van der Waals surface area (Å²) in [6.45, 7) is 9.66. The SMILES string of the molecule is CCOc1cccnc1N1CCN(C(CC)CN)CC1. The molecule has 2 heterocycles. The summed E-state index contributed by atoms with van der Waals surface area (Å²) in [5.41, 5.74) is 5.84. The van der Waals surface area contributed by atoms with Crippen molar-refractivity contribution in [1.29, 1.82) is 0 Å². The van der Waals surface area contributed by atoms with E-state index >= 15 is 0 Å². The Labute approximate surface area is 121 Å². The fraction of sp³-hybridized carbons (Fsp3) is 0.667. The van der Waals surface area contributed by atoms with Crippen molar-refractivity contribution in [1.82, 2.24) is 9.88 Å². The molecule has 0 aliphatic carbocycles. The van der Waals surface area contributed by atoms with E-state index in [0.717, 1.165) is 50.7 Å². The fourth-order valence-electron chi connectivity index (χ4n) is 2.76. The molecule has 1 aromatic rings. The second-order valence-corrected chi connectivity index (χ2v) is 5.08. The lowest BCUT2D eigenvalue weighted by atomic mass is 10.1. The second kappa shape index (κ2) is 7.45. The standard InChI is InChI=1S/C15H26N4O/c1-3-13(12-16)18-8-10-19(11-9-18)15-14(20-4-2)6-5-7-17-15/h5-7,13H,3-4,8-12,16H2,1-2H3. The number of pyridine rings is 1. The van der Waals surface area contributed by atoms with Crippen LogP contribution in [0.1, 0.15) is 20.3 Å². The predicted molar refractivity (Wildman–Crippen MR) is 82.3 cm³/mol. The molecule has 2 rings (SSSR count). The first-order chi connectivity index (χ1) is 9.80. The van der Waals surface area contributed by atoms with Crippen molar-refractivity contribution in [3.05, 3.63) is 18.3 Å². The summed E-state index contributed by atoms with van der Waals surface area (Å²) in [5.74, 6) is 1.85. The molecule has 1 saturated heterocycles. The number of ether oxygens (including phenoxy) is 1. The monoisotopic (exact) mass is 278 g/mol. The molecule has 0 spiro atoms. The van der Waals surface area contributed by atoms with E-state index in [2.05, 4.69) is 21.7 Å². The van der Waals surface area contributed by atoms with E-state index in [1.807, 2.05) is 25.3 Å². The number of nitrogens with two attached hydrogens (primary N) is 1. The summed E-state index contributed by atoms with van der Waals surface area (Å²) in [5, 5.41) is 0. The topological polar surface area (TPSA) is 54.6 Å². The number of piperazine rings is 1. The molecule has 1 aliphatic rings. The predicted octanol–water partition coefficient (Wildman–Crippen LogP) is 1.34. The van der Waals surface area contributed by atoms with Crippen molar-refractivity contribution >= 4 is 5.82 Å². The van der Waals surface area contributed by atoms with Crippen LogP contribution in [0.25, 0.3) is 0 Å². The van der Waals surface area contributed by atoms with Crippen LogP contribution in [0, 0.1) is 0 Å². The van der Waals surface area contributed by atoms with Gasteiger partial charge in [-0.05, 0) is 25.5 Å². The summed E-state index contributed by atoms with van der Waals surface area (Å²) >= 11 is 0. The number of hydrogen-bond acceptors (Lipinski definition) is 5. The molecule has 0 aromatic carbocycles. The second-order valence-electron chi connectivity index (χ2n) is 5.08. The Kier molecular flexibility index (Phi) is 5.61. The van der Waals surface area contributed by atoms with Gasteiger partial charge in [0.15, 0.2) is 11.6 Å². The van der Waals surface area contributed by atoms with Crippen LogP contribution in [0.2, 0.25) is 0 Å². The van der Waals surface area contributed by atoms with Crippen molar-refractivity contribution in [2.24, 2.45) is 5.73 Å². The van der Waals surface area contributed by atoms with Gasteiger partial charge in [0.25, 0.3) is 0 Å². The third-order valence-electron chi connectivity index (χ3n) is 3.92. The summed E-state index contributed by atoms with van der Waals surface area (Å²) in [4.78, 5) is 9.29. The summed E-state index contributed by atoms with van der Waals surface area (Å²) in [7, 11) is 0. The number of hydrogen-bond donors (Lipinski definition) is 1. The van der Waals surface area contributed by atoms with E-state index in [0.29, 0.717) is 12.6 Å². The maximum Gasteiger partial charge on any atom is 0.171 e. The first-order valence-corrected chi connectivity index (χ1v) is 7.57. The third kappa shape index (κ3) is 3.41. The zero-order valence-electron chi connectivity index (χ0n) is 12.6. The Morgan fingerprint density at radius 1 is 1.30 bits per heavy atom. The Bertz CT molecular complexity index is 401. The molecule has 1 fully saturated rings. The van der Waals surface area contributed by atoms with E-state index in [1.165, 1.54) is 0 Å². The molecule has 1 unspecified atom stereocenters. The molecular formula is C15H26N4O. The van der Waals surface area contributed by atoms with Gasteiger partial charge in [-0.25, -0.2) is 4.98 Å². The molecule has 1 aromatic heterocycles. The van der Waals surface area contributed by atoms with Gasteiger partial charge in [0.2, 0.25) is 0 Å². The minimum Gasteiger partial charge on any atom is -0.490 e. The smallest absolute Gasteiger partial charge is 0.171 e. The maximum absolute atomic E-state index is 5.84. The average Bonchev–Trinajstić information content (AvgIpc) is 2.50. The fourth-order valence-corrected chi connectivity index (χ4v) is 2.76. The highest BCUT2D eigenvalue weighted by atomic mass is 16.5. The Morgan fingerprint density at radius 2 is 2.05 bits per heavy atom. The minimum absolute atomic E-state index is 0.507. The van der Waals surface area contributed by atoms with Gasteiger partial charge in [0, 0.05) is 45.0 Å². The van der Waals surface area contributed by atoms with Crippen LogP contribution in [0.3, 0.4) is 0 Å². The molecule has 20 heavy (non-hydrogen) atoms. The zero-order chi connectivity index (χ0) is 14.4. The highest BCUT2D eigenvalue weighted by Gasteiger charge is 2.24. The number of aromatic nitrogens is 1. The van der Waals surface area contributed by atoms with Crippen molar-refractivity contribution in [2.45, 2.75) is 26.3 Å². The van der Waals surface area contributed by atoms with E-state index in [4.69, 9.17) is 10.5 Å². The van der Waals surface area contributed by atoms with Gasteiger partial charge in [-0.3, -0.25) is 4.90 Å². The van der Waals surface area contributed by atoms with Gasteiger partial charge >= 0.3 is 0 Å². The molecule has 0 radical (unpaired) electrons. The van der Waals surface area contributed by atoms with E-state index in [9.17, 15) is 0 Å². The number of nitrogens with zero attached hydrogens (tertiary/aromatic N) is 3. The Balaban J connectivity index is 2.00. The minimum atomic E-state index is 0.507. The molecule has 5 nitrogen and oxygen atoms in total. The van der Waals surface area contributed by atoms with Gasteiger partial charge in [0.05, 0.1) is 6.61 Å². The molecule has 0 bridgehead atoms. The van der Waals surface area contributed by atoms with Crippen LogP contribution in [0.15, 0.2) is 18.3 Å². The number of rotatable bonds is 6. The van der Waals surface area contributed by atoms with Crippen LogP contribution >= 0.6 is 0 Å². The largest absolute Gasteiger partial charge is 0.490 e. The first kappa shape index (κ1) is 15.1. The molecule has 5 heteroatoms. The highest BCUT2D eigenvalue weighted by molar-refractivity contribution is 5.52. The van der Waals surface area contributed by atoms with Crippen LogP contribution < -0.4 is 15.4 Å².